The third-order valence-electron chi connectivity index (χ3n) is 3.73. The molecule has 0 aliphatic rings. The number of ether oxygens (including phenoxy) is 2. The van der Waals surface area contributed by atoms with E-state index in [4.69, 9.17) is 9.47 Å². The topological polar surface area (TPSA) is 88.7 Å². The van der Waals surface area contributed by atoms with Crippen LogP contribution in [-0.2, 0) is 14.3 Å². The molecular formula is C26H43N3O4S2. The Balaban J connectivity index is 0.00000365. The van der Waals surface area contributed by atoms with E-state index in [1.807, 2.05) is 33.0 Å². The SMILES string of the molecule is CCC.CNCCNC(=O)c1ccc(C(OCCOCC(=O)NC#CC(C)C)SSC(C)C)cc1. The second-order valence-electron chi connectivity index (χ2n) is 8.16. The molecule has 2 amide bonds. The zero-order chi connectivity index (χ0) is 26.5. The van der Waals surface area contributed by atoms with Crippen molar-refractivity contribution < 1.29 is 19.1 Å². The first kappa shape index (κ1) is 33.3. The average molecular weight is 526 g/mol. The fraction of sp³-hybridized carbons (Fsp3) is 0.615. The highest BCUT2D eigenvalue weighted by molar-refractivity contribution is 8.76. The first-order valence-electron chi connectivity index (χ1n) is 12.1. The Morgan fingerprint density at radius 2 is 1.66 bits per heavy atom. The van der Waals surface area contributed by atoms with Crippen molar-refractivity contribution in [3.63, 3.8) is 0 Å². The number of hydrogen-bond acceptors (Lipinski definition) is 7. The van der Waals surface area contributed by atoms with Crippen LogP contribution in [0.3, 0.4) is 0 Å². The van der Waals surface area contributed by atoms with Gasteiger partial charge in [0.05, 0.1) is 13.2 Å². The van der Waals surface area contributed by atoms with Gasteiger partial charge in [-0.05, 0) is 24.7 Å². The molecule has 0 aliphatic heterocycles. The Labute approximate surface area is 220 Å². The molecule has 0 aliphatic carbocycles. The van der Waals surface area contributed by atoms with Crippen molar-refractivity contribution >= 4 is 33.4 Å². The van der Waals surface area contributed by atoms with E-state index in [1.54, 1.807) is 33.7 Å². The Bertz CT molecular complexity index is 762. The molecule has 0 bridgehead atoms. The van der Waals surface area contributed by atoms with Gasteiger partial charge in [-0.15, -0.1) is 0 Å². The molecule has 0 aromatic heterocycles. The second kappa shape index (κ2) is 21.6. The Hall–Kier alpha value is -1.70. The lowest BCUT2D eigenvalue weighted by molar-refractivity contribution is -0.125. The van der Waals surface area contributed by atoms with Gasteiger partial charge in [-0.2, -0.15) is 0 Å². The fourth-order valence-corrected chi connectivity index (χ4v) is 4.41. The third-order valence-corrected chi connectivity index (χ3v) is 6.83. The van der Waals surface area contributed by atoms with Crippen LogP contribution in [0.15, 0.2) is 24.3 Å². The molecule has 7 nitrogen and oxygen atoms in total. The molecule has 1 atom stereocenters. The Morgan fingerprint density at radius 3 is 2.23 bits per heavy atom. The van der Waals surface area contributed by atoms with E-state index in [2.05, 4.69) is 55.6 Å². The summed E-state index contributed by atoms with van der Waals surface area (Å²) in [7, 11) is 5.19. The van der Waals surface area contributed by atoms with Gasteiger partial charge in [0.25, 0.3) is 11.8 Å². The van der Waals surface area contributed by atoms with E-state index >= 15 is 0 Å². The largest absolute Gasteiger partial charge is 0.369 e. The standard InChI is InChI=1S/C23H35N3O4S2.C3H8/c1-17(2)10-11-25-21(27)16-29-14-15-30-23(32-31-18(3)4)20-8-6-19(7-9-20)22(28)26-13-12-24-5;1-3-2/h6-9,17-18,23-24H,12-16H2,1-5H3,(H,25,27)(H,26,28);3H2,1-2H3. The molecule has 35 heavy (non-hydrogen) atoms. The van der Waals surface area contributed by atoms with Crippen LogP contribution in [0.2, 0.25) is 0 Å². The van der Waals surface area contributed by atoms with E-state index in [0.717, 1.165) is 12.1 Å². The molecule has 1 unspecified atom stereocenters. The molecule has 3 N–H and O–H groups in total. The molecule has 9 heteroatoms. The second-order valence-corrected chi connectivity index (χ2v) is 11.1. The Morgan fingerprint density at radius 1 is 1.00 bits per heavy atom. The van der Waals surface area contributed by atoms with E-state index < -0.39 is 0 Å². The van der Waals surface area contributed by atoms with Crippen molar-refractivity contribution in [1.29, 1.82) is 0 Å². The number of carbonyl (C=O) groups is 2. The number of rotatable bonds is 14. The van der Waals surface area contributed by atoms with Crippen molar-refractivity contribution in [3.05, 3.63) is 35.4 Å². The quantitative estimate of drug-likeness (QED) is 0.107. The van der Waals surface area contributed by atoms with Crippen molar-refractivity contribution in [1.82, 2.24) is 16.0 Å². The van der Waals surface area contributed by atoms with E-state index in [0.29, 0.717) is 30.6 Å². The summed E-state index contributed by atoms with van der Waals surface area (Å²) < 4.78 is 11.4. The van der Waals surface area contributed by atoms with Crippen LogP contribution in [0.4, 0.5) is 0 Å². The van der Waals surface area contributed by atoms with Gasteiger partial charge in [0, 0.05) is 35.9 Å². The summed E-state index contributed by atoms with van der Waals surface area (Å²) in [6, 6.07) is 10.1. The summed E-state index contributed by atoms with van der Waals surface area (Å²) in [5.41, 5.74) is 1.37. The predicted octanol–water partition coefficient (Wildman–Crippen LogP) is 4.61. The van der Waals surface area contributed by atoms with E-state index in [-0.39, 0.29) is 29.8 Å². The van der Waals surface area contributed by atoms with Crippen LogP contribution < -0.4 is 16.0 Å². The molecule has 1 rings (SSSR count). The summed E-state index contributed by atoms with van der Waals surface area (Å²) in [4.78, 5) is 23.8. The Kier molecular flexibility index (Phi) is 20.5. The molecule has 1 aromatic rings. The third kappa shape index (κ3) is 18.3. The maximum atomic E-state index is 12.2. The minimum absolute atomic E-state index is 0.0634. The van der Waals surface area contributed by atoms with Crippen LogP contribution in [0, 0.1) is 17.9 Å². The predicted molar refractivity (Wildman–Crippen MR) is 149 cm³/mol. The molecule has 0 fully saturated rings. The number of benzene rings is 1. The first-order chi connectivity index (χ1) is 16.7. The molecular weight excluding hydrogens is 482 g/mol. The summed E-state index contributed by atoms with van der Waals surface area (Å²) in [6.45, 7) is 14.3. The lowest BCUT2D eigenvalue weighted by Gasteiger charge is -2.19. The van der Waals surface area contributed by atoms with Crippen LogP contribution in [0.1, 0.15) is 69.3 Å². The molecule has 1 aromatic carbocycles. The highest BCUT2D eigenvalue weighted by Gasteiger charge is 2.15. The van der Waals surface area contributed by atoms with Crippen molar-refractivity contribution in [3.8, 4) is 12.0 Å². The molecule has 198 valence electrons. The summed E-state index contributed by atoms with van der Waals surface area (Å²) in [6.07, 6.45) is 1.25. The number of amides is 2. The maximum absolute atomic E-state index is 12.2. The van der Waals surface area contributed by atoms with Crippen molar-refractivity contribution in [2.75, 3.05) is 40.0 Å². The van der Waals surface area contributed by atoms with Gasteiger partial charge in [0.15, 0.2) is 0 Å². The van der Waals surface area contributed by atoms with Crippen molar-refractivity contribution in [2.45, 2.75) is 58.6 Å². The number of likely N-dealkylation sites (N-methyl/N-ethyl adjacent to an activating group) is 1. The van der Waals surface area contributed by atoms with Gasteiger partial charge in [-0.1, -0.05) is 87.6 Å². The lowest BCUT2D eigenvalue weighted by Crippen LogP contribution is -2.30. The average Bonchev–Trinajstić information content (AvgIpc) is 2.81. The van der Waals surface area contributed by atoms with Gasteiger partial charge in [0.1, 0.15) is 12.0 Å². The van der Waals surface area contributed by atoms with E-state index in [9.17, 15) is 9.59 Å². The number of nitrogens with one attached hydrogen (secondary N) is 3. The zero-order valence-corrected chi connectivity index (χ0v) is 23.9. The van der Waals surface area contributed by atoms with Crippen LogP contribution >= 0.6 is 21.6 Å². The molecule has 0 spiro atoms. The summed E-state index contributed by atoms with van der Waals surface area (Å²) in [5, 5.41) is 8.79. The molecule has 0 saturated heterocycles. The molecule has 0 saturated carbocycles. The smallest absolute Gasteiger partial charge is 0.257 e. The fourth-order valence-electron chi connectivity index (χ4n) is 2.20. The number of hydrogen-bond donors (Lipinski definition) is 3. The van der Waals surface area contributed by atoms with Gasteiger partial charge in [0.2, 0.25) is 0 Å². The minimum Gasteiger partial charge on any atom is -0.369 e. The van der Waals surface area contributed by atoms with Gasteiger partial charge < -0.3 is 20.1 Å². The van der Waals surface area contributed by atoms with Crippen LogP contribution in [-0.4, -0.2) is 57.0 Å². The number of carbonyl (C=O) groups excluding carboxylic acids is 2. The summed E-state index contributed by atoms with van der Waals surface area (Å²) >= 11 is 0. The highest BCUT2D eigenvalue weighted by Crippen LogP contribution is 2.41. The van der Waals surface area contributed by atoms with Gasteiger partial charge in [-0.25, -0.2) is 0 Å². The van der Waals surface area contributed by atoms with Crippen LogP contribution in [0.25, 0.3) is 0 Å². The normalized spacial score (nSPS) is 11.2. The first-order valence-corrected chi connectivity index (χ1v) is 14.4. The van der Waals surface area contributed by atoms with E-state index in [1.165, 1.54) is 6.42 Å². The zero-order valence-electron chi connectivity index (χ0n) is 22.2. The van der Waals surface area contributed by atoms with Crippen LogP contribution in [0.5, 0.6) is 0 Å². The monoisotopic (exact) mass is 525 g/mol. The van der Waals surface area contributed by atoms with Crippen molar-refractivity contribution in [2.24, 2.45) is 5.92 Å². The maximum Gasteiger partial charge on any atom is 0.257 e. The lowest BCUT2D eigenvalue weighted by atomic mass is 10.1. The van der Waals surface area contributed by atoms with Gasteiger partial charge >= 0.3 is 0 Å². The molecule has 0 heterocycles. The highest BCUT2D eigenvalue weighted by atomic mass is 33.1. The summed E-state index contributed by atoms with van der Waals surface area (Å²) in [5.74, 6) is 2.69. The minimum atomic E-state index is -0.275. The van der Waals surface area contributed by atoms with Gasteiger partial charge in [-0.3, -0.25) is 14.9 Å². The molecule has 0 radical (unpaired) electrons.